The van der Waals surface area contributed by atoms with Gasteiger partial charge in [-0.15, -0.1) is 11.3 Å². The van der Waals surface area contributed by atoms with Crippen LogP contribution in [0.2, 0.25) is 0 Å². The molecule has 1 fully saturated rings. The minimum absolute atomic E-state index is 0.0804. The molecule has 134 valence electrons. The van der Waals surface area contributed by atoms with Crippen LogP contribution in [0.25, 0.3) is 10.9 Å². The van der Waals surface area contributed by atoms with Gasteiger partial charge in [-0.1, -0.05) is 30.0 Å². The van der Waals surface area contributed by atoms with Crippen molar-refractivity contribution in [2.45, 2.75) is 24.0 Å². The molecule has 3 heterocycles. The molecule has 3 aromatic rings. The van der Waals surface area contributed by atoms with Gasteiger partial charge in [0.25, 0.3) is 5.56 Å². The third-order valence-corrected chi connectivity index (χ3v) is 6.70. The summed E-state index contributed by atoms with van der Waals surface area (Å²) in [5.74, 6) is 0.397. The first-order chi connectivity index (χ1) is 12.6. The number of thioether (sulfide) groups is 1. The predicted octanol–water partition coefficient (Wildman–Crippen LogP) is 3.45. The van der Waals surface area contributed by atoms with Gasteiger partial charge in [0.05, 0.1) is 22.7 Å². The summed E-state index contributed by atoms with van der Waals surface area (Å²) < 4.78 is 1.53. The van der Waals surface area contributed by atoms with Crippen molar-refractivity contribution in [1.29, 1.82) is 0 Å². The highest BCUT2D eigenvalue weighted by Crippen LogP contribution is 2.35. The van der Waals surface area contributed by atoms with E-state index < -0.39 is 0 Å². The number of hydrogen-bond acceptors (Lipinski definition) is 5. The second-order valence-corrected chi connectivity index (χ2v) is 8.25. The van der Waals surface area contributed by atoms with Crippen LogP contribution >= 0.6 is 23.1 Å². The van der Waals surface area contributed by atoms with Crippen molar-refractivity contribution in [1.82, 2.24) is 14.5 Å². The molecule has 5 nitrogen and oxygen atoms in total. The Labute approximate surface area is 159 Å². The summed E-state index contributed by atoms with van der Waals surface area (Å²) >= 11 is 3.04. The maximum Gasteiger partial charge on any atom is 0.261 e. The van der Waals surface area contributed by atoms with Gasteiger partial charge in [0.2, 0.25) is 5.91 Å². The first-order valence-electron chi connectivity index (χ1n) is 8.56. The van der Waals surface area contributed by atoms with Crippen molar-refractivity contribution in [2.24, 2.45) is 7.05 Å². The van der Waals surface area contributed by atoms with Gasteiger partial charge in [0, 0.05) is 18.5 Å². The summed E-state index contributed by atoms with van der Waals surface area (Å²) in [7, 11) is 1.71. The Bertz CT molecular complexity index is 998. The number of fused-ring (bicyclic) bond motifs is 1. The minimum atomic E-state index is -0.0804. The summed E-state index contributed by atoms with van der Waals surface area (Å²) in [6, 6.07) is 11.6. The molecule has 1 saturated heterocycles. The molecule has 1 atom stereocenters. The van der Waals surface area contributed by atoms with Crippen LogP contribution in [0.1, 0.15) is 23.8 Å². The normalized spacial score (nSPS) is 17.1. The molecule has 1 amide bonds. The number of carbonyl (C=O) groups is 1. The largest absolute Gasteiger partial charge is 0.334 e. The van der Waals surface area contributed by atoms with Gasteiger partial charge >= 0.3 is 0 Å². The van der Waals surface area contributed by atoms with E-state index in [1.165, 1.54) is 21.2 Å². The van der Waals surface area contributed by atoms with Crippen LogP contribution in [0.3, 0.4) is 0 Å². The Morgan fingerprint density at radius 2 is 2.15 bits per heavy atom. The number of hydrogen-bond donors (Lipinski definition) is 0. The molecule has 0 radical (unpaired) electrons. The lowest BCUT2D eigenvalue weighted by Crippen LogP contribution is -2.32. The monoisotopic (exact) mass is 385 g/mol. The second-order valence-electron chi connectivity index (χ2n) is 6.32. The molecule has 0 spiro atoms. The van der Waals surface area contributed by atoms with Gasteiger partial charge in [-0.05, 0) is 36.4 Å². The van der Waals surface area contributed by atoms with Gasteiger partial charge in [0.1, 0.15) is 0 Å². The fourth-order valence-electron chi connectivity index (χ4n) is 3.38. The van der Waals surface area contributed by atoms with Gasteiger partial charge in [-0.25, -0.2) is 4.98 Å². The van der Waals surface area contributed by atoms with Crippen LogP contribution in [0.4, 0.5) is 0 Å². The molecule has 0 saturated carbocycles. The summed E-state index contributed by atoms with van der Waals surface area (Å²) in [6.45, 7) is 0.798. The molecular formula is C19H19N3O2S2. The van der Waals surface area contributed by atoms with E-state index in [-0.39, 0.29) is 17.5 Å². The third kappa shape index (κ3) is 3.17. The van der Waals surface area contributed by atoms with Crippen molar-refractivity contribution in [3.63, 3.8) is 0 Å². The number of likely N-dealkylation sites (tertiary alicyclic amines) is 1. The molecule has 7 heteroatoms. The lowest BCUT2D eigenvalue weighted by molar-refractivity contribution is -0.129. The second kappa shape index (κ2) is 7.25. The quantitative estimate of drug-likeness (QED) is 0.510. The number of para-hydroxylation sites is 1. The molecule has 1 aliphatic rings. The van der Waals surface area contributed by atoms with E-state index in [0.29, 0.717) is 21.8 Å². The van der Waals surface area contributed by atoms with Crippen LogP contribution in [-0.4, -0.2) is 32.7 Å². The third-order valence-electron chi connectivity index (χ3n) is 4.71. The zero-order valence-corrected chi connectivity index (χ0v) is 16.1. The molecule has 0 bridgehead atoms. The first kappa shape index (κ1) is 17.3. The van der Waals surface area contributed by atoms with Crippen molar-refractivity contribution < 1.29 is 4.79 Å². The Morgan fingerprint density at radius 1 is 1.31 bits per heavy atom. The minimum Gasteiger partial charge on any atom is -0.334 e. The van der Waals surface area contributed by atoms with Crippen LogP contribution in [0.15, 0.2) is 51.7 Å². The molecule has 26 heavy (non-hydrogen) atoms. The molecular weight excluding hydrogens is 366 g/mol. The summed E-state index contributed by atoms with van der Waals surface area (Å²) in [5, 5.41) is 3.23. The predicted molar refractivity (Wildman–Crippen MR) is 106 cm³/mol. The topological polar surface area (TPSA) is 55.2 Å². The zero-order valence-electron chi connectivity index (χ0n) is 14.4. The van der Waals surface area contributed by atoms with E-state index in [2.05, 4.69) is 16.4 Å². The molecule has 1 aromatic carbocycles. The molecule has 0 aliphatic carbocycles. The number of nitrogens with zero attached hydrogens (tertiary/aromatic N) is 3. The standard InChI is InChI=1S/C19H19N3O2S2/c1-21-18(24)13-6-2-3-7-14(13)20-19(21)26-12-17(23)22-10-4-8-15(22)16-9-5-11-25-16/h2-3,5-7,9,11,15H,4,8,10,12H2,1H3. The Morgan fingerprint density at radius 3 is 2.96 bits per heavy atom. The number of aromatic nitrogens is 2. The Balaban J connectivity index is 1.52. The van der Waals surface area contributed by atoms with E-state index >= 15 is 0 Å². The molecule has 2 aromatic heterocycles. The highest BCUT2D eigenvalue weighted by molar-refractivity contribution is 7.99. The van der Waals surface area contributed by atoms with Crippen LogP contribution < -0.4 is 5.56 Å². The Kier molecular flexibility index (Phi) is 4.82. The maximum absolute atomic E-state index is 12.8. The summed E-state index contributed by atoms with van der Waals surface area (Å²) in [6.07, 6.45) is 2.05. The van der Waals surface area contributed by atoms with Gasteiger partial charge < -0.3 is 4.90 Å². The van der Waals surface area contributed by atoms with E-state index in [0.717, 1.165) is 19.4 Å². The van der Waals surface area contributed by atoms with Crippen LogP contribution in [0, 0.1) is 0 Å². The van der Waals surface area contributed by atoms with E-state index in [1.54, 1.807) is 24.5 Å². The number of rotatable bonds is 4. The molecule has 1 unspecified atom stereocenters. The first-order valence-corrected chi connectivity index (χ1v) is 10.4. The van der Waals surface area contributed by atoms with Crippen molar-refractivity contribution in [3.05, 3.63) is 57.0 Å². The van der Waals surface area contributed by atoms with Gasteiger partial charge in [0.15, 0.2) is 5.16 Å². The summed E-state index contributed by atoms with van der Waals surface area (Å²) in [4.78, 5) is 33.0. The molecule has 1 aliphatic heterocycles. The van der Waals surface area contributed by atoms with Gasteiger partial charge in [-0.2, -0.15) is 0 Å². The maximum atomic E-state index is 12.8. The lowest BCUT2D eigenvalue weighted by Gasteiger charge is -2.23. The van der Waals surface area contributed by atoms with Crippen LogP contribution in [-0.2, 0) is 11.8 Å². The van der Waals surface area contributed by atoms with Crippen molar-refractivity contribution >= 4 is 39.9 Å². The average Bonchev–Trinajstić information content (AvgIpc) is 3.34. The fourth-order valence-corrected chi connectivity index (χ4v) is 5.11. The van der Waals surface area contributed by atoms with Crippen molar-refractivity contribution in [2.75, 3.05) is 12.3 Å². The van der Waals surface area contributed by atoms with Crippen molar-refractivity contribution in [3.8, 4) is 0 Å². The Hall–Kier alpha value is -2.12. The highest BCUT2D eigenvalue weighted by Gasteiger charge is 2.30. The fraction of sp³-hybridized carbons (Fsp3) is 0.316. The number of thiophene rings is 1. The van der Waals surface area contributed by atoms with Crippen LogP contribution in [0.5, 0.6) is 0 Å². The molecule has 4 rings (SSSR count). The molecule has 0 N–H and O–H groups in total. The van der Waals surface area contributed by atoms with E-state index in [9.17, 15) is 9.59 Å². The SMILES string of the molecule is Cn1c(SCC(=O)N2CCCC2c2cccs2)nc2ccccc2c1=O. The lowest BCUT2D eigenvalue weighted by atomic mass is 10.2. The zero-order chi connectivity index (χ0) is 18.1. The average molecular weight is 386 g/mol. The highest BCUT2D eigenvalue weighted by atomic mass is 32.2. The van der Waals surface area contributed by atoms with E-state index in [4.69, 9.17) is 0 Å². The summed E-state index contributed by atoms with van der Waals surface area (Å²) in [5.41, 5.74) is 0.589. The number of carbonyl (C=O) groups excluding carboxylic acids is 1. The smallest absolute Gasteiger partial charge is 0.261 e. The number of amides is 1. The van der Waals surface area contributed by atoms with Gasteiger partial charge in [-0.3, -0.25) is 14.2 Å². The number of benzene rings is 1. The van der Waals surface area contributed by atoms with E-state index in [1.807, 2.05) is 29.2 Å².